The molecule has 2 aromatic carbocycles. The molecule has 0 unspecified atom stereocenters. The molecule has 28 heavy (non-hydrogen) atoms. The van der Waals surface area contributed by atoms with Crippen LogP contribution < -0.4 is 5.32 Å². The maximum atomic E-state index is 13.6. The van der Waals surface area contributed by atoms with Gasteiger partial charge in [0.2, 0.25) is 0 Å². The van der Waals surface area contributed by atoms with Gasteiger partial charge in [-0.1, -0.05) is 30.3 Å². The van der Waals surface area contributed by atoms with Gasteiger partial charge in [-0.05, 0) is 24.3 Å². The SMILES string of the molecule is N#Cc1ccc(C2=NC(C(F)(F)F)(C(F)(F)F)N=C(c3ccccc3)N2)cc1. The highest BCUT2D eigenvalue weighted by atomic mass is 19.4. The fourth-order valence-corrected chi connectivity index (χ4v) is 2.50. The largest absolute Gasteiger partial charge is 0.443 e. The van der Waals surface area contributed by atoms with Gasteiger partial charge < -0.3 is 5.32 Å². The molecule has 0 atom stereocenters. The zero-order chi connectivity index (χ0) is 20.6. The lowest BCUT2D eigenvalue weighted by molar-refractivity contribution is -0.292. The van der Waals surface area contributed by atoms with Crippen LogP contribution in [-0.4, -0.2) is 29.7 Å². The minimum absolute atomic E-state index is 0.0291. The van der Waals surface area contributed by atoms with E-state index in [2.05, 4.69) is 15.3 Å². The number of alkyl halides is 6. The van der Waals surface area contributed by atoms with E-state index < -0.39 is 29.7 Å². The lowest BCUT2D eigenvalue weighted by Gasteiger charge is -2.34. The Kier molecular flexibility index (Phi) is 4.62. The zero-order valence-corrected chi connectivity index (χ0v) is 13.8. The lowest BCUT2D eigenvalue weighted by Crippen LogP contribution is -2.59. The van der Waals surface area contributed by atoms with Crippen molar-refractivity contribution in [3.63, 3.8) is 0 Å². The molecule has 1 heterocycles. The molecule has 0 radical (unpaired) electrons. The number of rotatable bonds is 2. The van der Waals surface area contributed by atoms with Gasteiger partial charge in [0, 0.05) is 11.1 Å². The van der Waals surface area contributed by atoms with E-state index in [1.165, 1.54) is 48.5 Å². The van der Waals surface area contributed by atoms with Crippen LogP contribution in [0.25, 0.3) is 0 Å². The van der Waals surface area contributed by atoms with Crippen LogP contribution in [0, 0.1) is 11.3 Å². The number of nitriles is 1. The summed E-state index contributed by atoms with van der Waals surface area (Å²) in [5.74, 6) is -1.28. The summed E-state index contributed by atoms with van der Waals surface area (Å²) >= 11 is 0. The van der Waals surface area contributed by atoms with Crippen molar-refractivity contribution in [2.75, 3.05) is 0 Å². The Labute approximate surface area is 154 Å². The van der Waals surface area contributed by atoms with Gasteiger partial charge in [0.05, 0.1) is 11.6 Å². The smallest absolute Gasteiger partial charge is 0.324 e. The third-order valence-electron chi connectivity index (χ3n) is 3.91. The van der Waals surface area contributed by atoms with Gasteiger partial charge >= 0.3 is 18.0 Å². The first-order chi connectivity index (χ1) is 13.1. The van der Waals surface area contributed by atoms with Crippen LogP contribution in [0.4, 0.5) is 26.3 Å². The van der Waals surface area contributed by atoms with Crippen molar-refractivity contribution in [1.82, 2.24) is 5.32 Å². The third kappa shape index (κ3) is 3.31. The molecule has 3 rings (SSSR count). The highest BCUT2D eigenvalue weighted by Gasteiger charge is 2.73. The van der Waals surface area contributed by atoms with E-state index in [4.69, 9.17) is 5.26 Å². The van der Waals surface area contributed by atoms with Crippen LogP contribution >= 0.6 is 0 Å². The summed E-state index contributed by atoms with van der Waals surface area (Å²) in [7, 11) is 0. The minimum atomic E-state index is -5.83. The van der Waals surface area contributed by atoms with Crippen molar-refractivity contribution in [3.05, 3.63) is 71.3 Å². The highest BCUT2D eigenvalue weighted by Crippen LogP contribution is 2.48. The molecule has 1 aliphatic rings. The molecule has 1 N–H and O–H groups in total. The second-order valence-electron chi connectivity index (χ2n) is 5.77. The van der Waals surface area contributed by atoms with E-state index in [-0.39, 0.29) is 16.7 Å². The number of hydrogen-bond acceptors (Lipinski definition) is 4. The van der Waals surface area contributed by atoms with E-state index in [0.717, 1.165) is 0 Å². The summed E-state index contributed by atoms with van der Waals surface area (Å²) in [6.45, 7) is 0. The number of nitrogens with zero attached hydrogens (tertiary/aromatic N) is 3. The zero-order valence-electron chi connectivity index (χ0n) is 13.8. The van der Waals surface area contributed by atoms with E-state index in [1.54, 1.807) is 6.07 Å². The molecule has 0 aliphatic carbocycles. The number of halogens is 6. The lowest BCUT2D eigenvalue weighted by atomic mass is 10.1. The molecule has 0 spiro atoms. The van der Waals surface area contributed by atoms with Gasteiger partial charge in [0.25, 0.3) is 0 Å². The van der Waals surface area contributed by atoms with Crippen LogP contribution in [0.15, 0.2) is 64.6 Å². The quantitative estimate of drug-likeness (QED) is 0.775. The molecule has 0 saturated heterocycles. The third-order valence-corrected chi connectivity index (χ3v) is 3.91. The molecule has 0 amide bonds. The van der Waals surface area contributed by atoms with Crippen LogP contribution in [0.2, 0.25) is 0 Å². The molecular formula is C18H10F6N4. The molecule has 0 saturated carbocycles. The van der Waals surface area contributed by atoms with E-state index in [9.17, 15) is 26.3 Å². The normalized spacial score (nSPS) is 16.5. The Morgan fingerprint density at radius 3 is 1.64 bits per heavy atom. The summed E-state index contributed by atoms with van der Waals surface area (Å²) in [5, 5.41) is 11.3. The van der Waals surface area contributed by atoms with Gasteiger partial charge in [-0.2, -0.15) is 31.6 Å². The molecule has 144 valence electrons. The molecule has 2 aromatic rings. The maximum Gasteiger partial charge on any atom is 0.443 e. The molecule has 0 bridgehead atoms. The number of nitrogens with one attached hydrogen (secondary N) is 1. The van der Waals surface area contributed by atoms with Gasteiger partial charge in [-0.15, -0.1) is 0 Å². The first-order valence-corrected chi connectivity index (χ1v) is 7.73. The van der Waals surface area contributed by atoms with Gasteiger partial charge in [-0.25, -0.2) is 9.98 Å². The first-order valence-electron chi connectivity index (χ1n) is 7.73. The van der Waals surface area contributed by atoms with Gasteiger partial charge in [0.15, 0.2) is 0 Å². The molecule has 1 aliphatic heterocycles. The molecular weight excluding hydrogens is 386 g/mol. The summed E-state index contributed by atoms with van der Waals surface area (Å²) in [6, 6.07) is 13.9. The van der Waals surface area contributed by atoms with Crippen LogP contribution in [0.3, 0.4) is 0 Å². The predicted molar refractivity (Wildman–Crippen MR) is 88.6 cm³/mol. The average molecular weight is 396 g/mol. The van der Waals surface area contributed by atoms with E-state index >= 15 is 0 Å². The van der Waals surface area contributed by atoms with E-state index in [0.29, 0.717) is 0 Å². The van der Waals surface area contributed by atoms with Crippen molar-refractivity contribution >= 4 is 11.7 Å². The monoisotopic (exact) mass is 396 g/mol. The maximum absolute atomic E-state index is 13.6. The summed E-state index contributed by atoms with van der Waals surface area (Å²) in [5.41, 5.74) is -4.49. The standard InChI is InChI=1S/C18H10F6N4/c19-17(20,21)16(18(22,23)24)27-14(12-4-2-1-3-5-12)26-15(28-16)13-8-6-11(10-25)7-9-13/h1-9H,(H,26,27,28). The summed E-state index contributed by atoms with van der Waals surface area (Å²) in [6.07, 6.45) is -11.7. The number of benzene rings is 2. The van der Waals surface area contributed by atoms with Crippen molar-refractivity contribution in [1.29, 1.82) is 5.26 Å². The number of aliphatic imine (C=N–C) groups is 2. The topological polar surface area (TPSA) is 60.5 Å². The Hall–Kier alpha value is -3.35. The van der Waals surface area contributed by atoms with Crippen molar-refractivity contribution < 1.29 is 26.3 Å². The molecule has 10 heteroatoms. The molecule has 4 nitrogen and oxygen atoms in total. The van der Waals surface area contributed by atoms with E-state index in [1.807, 2.05) is 6.07 Å². The number of hydrogen-bond donors (Lipinski definition) is 1. The van der Waals surface area contributed by atoms with Crippen LogP contribution in [-0.2, 0) is 0 Å². The minimum Gasteiger partial charge on any atom is -0.324 e. The Balaban J connectivity index is 2.23. The second-order valence-corrected chi connectivity index (χ2v) is 5.77. The van der Waals surface area contributed by atoms with Crippen LogP contribution in [0.1, 0.15) is 16.7 Å². The average Bonchev–Trinajstić information content (AvgIpc) is 2.66. The Bertz CT molecular complexity index is 952. The number of amidine groups is 2. The Morgan fingerprint density at radius 2 is 1.21 bits per heavy atom. The molecule has 0 aromatic heterocycles. The Morgan fingerprint density at radius 1 is 0.750 bits per heavy atom. The summed E-state index contributed by atoms with van der Waals surface area (Å²) < 4.78 is 81.5. The second kappa shape index (κ2) is 6.67. The van der Waals surface area contributed by atoms with Gasteiger partial charge in [-0.3, -0.25) is 0 Å². The van der Waals surface area contributed by atoms with Crippen molar-refractivity contribution in [3.8, 4) is 6.07 Å². The predicted octanol–water partition coefficient (Wildman–Crippen LogP) is 4.18. The van der Waals surface area contributed by atoms with Gasteiger partial charge in [0.1, 0.15) is 11.7 Å². The molecule has 0 fully saturated rings. The summed E-state index contributed by atoms with van der Waals surface area (Å²) in [4.78, 5) is 5.89. The fraction of sp³-hybridized carbons (Fsp3) is 0.167. The first kappa shape index (κ1) is 19.4. The van der Waals surface area contributed by atoms with Crippen molar-refractivity contribution in [2.45, 2.75) is 18.0 Å². The highest BCUT2D eigenvalue weighted by molar-refractivity contribution is 6.16. The fourth-order valence-electron chi connectivity index (χ4n) is 2.50. The van der Waals surface area contributed by atoms with Crippen LogP contribution in [0.5, 0.6) is 0 Å². The van der Waals surface area contributed by atoms with Crippen molar-refractivity contribution in [2.24, 2.45) is 9.98 Å².